The molecule has 0 aromatic carbocycles. The SMILES string of the molecule is Cc1cc(C)n(CC(=O)N(C[C@@H]2CN(C)CCO2)c2nccs2)n1. The molecule has 130 valence electrons. The van der Waals surface area contributed by atoms with E-state index in [0.717, 1.165) is 24.5 Å². The van der Waals surface area contributed by atoms with Gasteiger partial charge in [0, 0.05) is 30.4 Å². The van der Waals surface area contributed by atoms with Crippen LogP contribution in [0.25, 0.3) is 0 Å². The first kappa shape index (κ1) is 17.1. The molecule has 0 N–H and O–H groups in total. The molecule has 1 fully saturated rings. The summed E-state index contributed by atoms with van der Waals surface area (Å²) in [6, 6.07) is 1.97. The van der Waals surface area contributed by atoms with Crippen molar-refractivity contribution in [3.8, 4) is 0 Å². The first-order valence-corrected chi connectivity index (χ1v) is 8.92. The van der Waals surface area contributed by atoms with E-state index in [2.05, 4.69) is 22.0 Å². The summed E-state index contributed by atoms with van der Waals surface area (Å²) in [4.78, 5) is 21.2. The van der Waals surface area contributed by atoms with E-state index in [-0.39, 0.29) is 18.6 Å². The number of nitrogens with zero attached hydrogens (tertiary/aromatic N) is 5. The third-order valence-corrected chi connectivity index (χ3v) is 4.86. The number of aryl methyl sites for hydroxylation is 2. The number of ether oxygens (including phenoxy) is 1. The second kappa shape index (κ2) is 7.42. The van der Waals surface area contributed by atoms with Crippen molar-refractivity contribution in [3.63, 3.8) is 0 Å². The number of anilines is 1. The fourth-order valence-electron chi connectivity index (χ4n) is 2.87. The van der Waals surface area contributed by atoms with E-state index in [4.69, 9.17) is 4.74 Å². The lowest BCUT2D eigenvalue weighted by atomic mass is 10.2. The molecule has 1 amide bonds. The van der Waals surface area contributed by atoms with Crippen molar-refractivity contribution in [1.29, 1.82) is 0 Å². The molecule has 3 heterocycles. The summed E-state index contributed by atoms with van der Waals surface area (Å²) < 4.78 is 7.57. The number of hydrogen-bond donors (Lipinski definition) is 0. The summed E-state index contributed by atoms with van der Waals surface area (Å²) in [5.74, 6) is -0.0204. The summed E-state index contributed by atoms with van der Waals surface area (Å²) in [6.07, 6.45) is 1.72. The molecule has 0 radical (unpaired) electrons. The molecular weight excluding hydrogens is 326 g/mol. The van der Waals surface area contributed by atoms with Crippen LogP contribution in [0.2, 0.25) is 0 Å². The molecule has 0 saturated carbocycles. The highest BCUT2D eigenvalue weighted by Crippen LogP contribution is 2.20. The van der Waals surface area contributed by atoms with Gasteiger partial charge >= 0.3 is 0 Å². The maximum absolute atomic E-state index is 12.9. The minimum atomic E-state index is -0.0204. The van der Waals surface area contributed by atoms with Crippen LogP contribution in [-0.2, 0) is 16.1 Å². The molecule has 1 atom stereocenters. The Hall–Kier alpha value is -1.77. The Morgan fingerprint density at radius 2 is 2.33 bits per heavy atom. The zero-order chi connectivity index (χ0) is 17.1. The van der Waals surface area contributed by atoms with Crippen molar-refractivity contribution in [2.45, 2.75) is 26.5 Å². The molecule has 24 heavy (non-hydrogen) atoms. The standard InChI is InChI=1S/C16H23N5O2S/c1-12-8-13(2)21(18-12)11-15(22)20(16-17-4-7-24-16)10-14-9-19(3)5-6-23-14/h4,7-8,14H,5-6,9-11H2,1-3H3/t14-/m0/s1. The minimum Gasteiger partial charge on any atom is -0.374 e. The normalized spacial score (nSPS) is 18.7. The van der Waals surface area contributed by atoms with Gasteiger partial charge in [0.05, 0.1) is 24.9 Å². The van der Waals surface area contributed by atoms with Gasteiger partial charge in [0.2, 0.25) is 0 Å². The molecule has 2 aromatic heterocycles. The zero-order valence-corrected chi connectivity index (χ0v) is 15.1. The van der Waals surface area contributed by atoms with E-state index in [1.807, 2.05) is 25.3 Å². The second-order valence-corrected chi connectivity index (χ2v) is 7.03. The van der Waals surface area contributed by atoms with Gasteiger partial charge in [-0.15, -0.1) is 11.3 Å². The average Bonchev–Trinajstić information content (AvgIpc) is 3.15. The Morgan fingerprint density at radius 3 is 2.96 bits per heavy atom. The van der Waals surface area contributed by atoms with Gasteiger partial charge in [-0.2, -0.15) is 5.10 Å². The molecule has 1 aliphatic rings. The van der Waals surface area contributed by atoms with E-state index in [1.54, 1.807) is 15.8 Å². The molecule has 1 aliphatic heterocycles. The summed E-state index contributed by atoms with van der Waals surface area (Å²) in [7, 11) is 2.07. The first-order valence-electron chi connectivity index (χ1n) is 8.04. The van der Waals surface area contributed by atoms with Crippen molar-refractivity contribution in [2.75, 3.05) is 38.2 Å². The van der Waals surface area contributed by atoms with Crippen LogP contribution in [0.3, 0.4) is 0 Å². The number of morpholine rings is 1. The highest BCUT2D eigenvalue weighted by atomic mass is 32.1. The lowest BCUT2D eigenvalue weighted by Crippen LogP contribution is -2.48. The molecule has 0 spiro atoms. The van der Waals surface area contributed by atoms with Gasteiger partial charge in [-0.05, 0) is 27.0 Å². The second-order valence-electron chi connectivity index (χ2n) is 6.16. The maximum Gasteiger partial charge on any atom is 0.250 e. The van der Waals surface area contributed by atoms with Crippen LogP contribution >= 0.6 is 11.3 Å². The van der Waals surface area contributed by atoms with E-state index in [1.165, 1.54) is 11.3 Å². The van der Waals surface area contributed by atoms with E-state index in [9.17, 15) is 4.79 Å². The van der Waals surface area contributed by atoms with Crippen molar-refractivity contribution in [3.05, 3.63) is 29.0 Å². The highest BCUT2D eigenvalue weighted by molar-refractivity contribution is 7.13. The maximum atomic E-state index is 12.9. The van der Waals surface area contributed by atoms with Crippen LogP contribution in [0.4, 0.5) is 5.13 Å². The predicted molar refractivity (Wildman–Crippen MR) is 93.4 cm³/mol. The van der Waals surface area contributed by atoms with Crippen LogP contribution in [0.5, 0.6) is 0 Å². The third-order valence-electron chi connectivity index (χ3n) is 4.07. The van der Waals surface area contributed by atoms with Crippen LogP contribution in [0, 0.1) is 13.8 Å². The van der Waals surface area contributed by atoms with Crippen LogP contribution < -0.4 is 4.90 Å². The molecule has 2 aromatic rings. The van der Waals surface area contributed by atoms with Gasteiger partial charge in [-0.3, -0.25) is 14.4 Å². The number of carbonyl (C=O) groups is 1. The molecule has 1 saturated heterocycles. The predicted octanol–water partition coefficient (Wildman–Crippen LogP) is 1.32. The Bertz CT molecular complexity index is 685. The number of rotatable bonds is 5. The van der Waals surface area contributed by atoms with Crippen molar-refractivity contribution < 1.29 is 9.53 Å². The molecule has 0 bridgehead atoms. The topological polar surface area (TPSA) is 63.5 Å². The summed E-state index contributed by atoms with van der Waals surface area (Å²) in [6.45, 7) is 7.04. The van der Waals surface area contributed by atoms with Gasteiger partial charge in [-0.1, -0.05) is 0 Å². The van der Waals surface area contributed by atoms with E-state index in [0.29, 0.717) is 18.3 Å². The van der Waals surface area contributed by atoms with E-state index < -0.39 is 0 Å². The first-order chi connectivity index (χ1) is 11.5. The number of amides is 1. The fraction of sp³-hybridized carbons (Fsp3) is 0.562. The van der Waals surface area contributed by atoms with Gasteiger partial charge < -0.3 is 9.64 Å². The number of aromatic nitrogens is 3. The quantitative estimate of drug-likeness (QED) is 0.815. The number of likely N-dealkylation sites (N-methyl/N-ethyl adjacent to an activating group) is 1. The lowest BCUT2D eigenvalue weighted by Gasteiger charge is -2.33. The minimum absolute atomic E-state index is 0.00273. The van der Waals surface area contributed by atoms with Gasteiger partial charge in [-0.25, -0.2) is 4.98 Å². The fourth-order valence-corrected chi connectivity index (χ4v) is 3.53. The molecule has 7 nitrogen and oxygen atoms in total. The molecule has 3 rings (SSSR count). The third kappa shape index (κ3) is 4.00. The Labute approximate surface area is 145 Å². The Morgan fingerprint density at radius 1 is 1.50 bits per heavy atom. The monoisotopic (exact) mass is 349 g/mol. The highest BCUT2D eigenvalue weighted by Gasteiger charge is 2.26. The number of thiazole rings is 1. The zero-order valence-electron chi connectivity index (χ0n) is 14.3. The van der Waals surface area contributed by atoms with Crippen LogP contribution in [-0.4, -0.2) is 65.0 Å². The summed E-state index contributed by atoms with van der Waals surface area (Å²) in [5, 5.41) is 6.97. The largest absolute Gasteiger partial charge is 0.374 e. The van der Waals surface area contributed by atoms with Crippen molar-refractivity contribution >= 4 is 22.4 Å². The average molecular weight is 349 g/mol. The van der Waals surface area contributed by atoms with Crippen LogP contribution in [0.15, 0.2) is 17.6 Å². The summed E-state index contributed by atoms with van der Waals surface area (Å²) in [5.41, 5.74) is 1.90. The summed E-state index contributed by atoms with van der Waals surface area (Å²) >= 11 is 1.46. The molecule has 0 unspecified atom stereocenters. The smallest absolute Gasteiger partial charge is 0.250 e. The van der Waals surface area contributed by atoms with E-state index >= 15 is 0 Å². The van der Waals surface area contributed by atoms with Gasteiger partial charge in [0.1, 0.15) is 6.54 Å². The lowest BCUT2D eigenvalue weighted by molar-refractivity contribution is -0.120. The molecule has 0 aliphatic carbocycles. The number of hydrogen-bond acceptors (Lipinski definition) is 6. The van der Waals surface area contributed by atoms with Crippen molar-refractivity contribution in [1.82, 2.24) is 19.7 Å². The van der Waals surface area contributed by atoms with Gasteiger partial charge in [0.25, 0.3) is 5.91 Å². The Kier molecular flexibility index (Phi) is 5.27. The molecule has 8 heteroatoms. The Balaban J connectivity index is 1.74. The number of carbonyl (C=O) groups excluding carboxylic acids is 1. The molecular formula is C16H23N5O2S. The van der Waals surface area contributed by atoms with Crippen molar-refractivity contribution in [2.24, 2.45) is 0 Å². The van der Waals surface area contributed by atoms with Crippen LogP contribution in [0.1, 0.15) is 11.4 Å². The van der Waals surface area contributed by atoms with Gasteiger partial charge in [0.15, 0.2) is 5.13 Å².